The van der Waals surface area contributed by atoms with E-state index in [2.05, 4.69) is 4.98 Å². The monoisotopic (exact) mass is 290 g/mol. The van der Waals surface area contributed by atoms with E-state index < -0.39 is 11.4 Å². The molecule has 1 aromatic heterocycles. The van der Waals surface area contributed by atoms with Crippen LogP contribution < -0.4 is 4.74 Å². The van der Waals surface area contributed by atoms with E-state index in [1.54, 1.807) is 7.11 Å². The van der Waals surface area contributed by atoms with Gasteiger partial charge in [-0.1, -0.05) is 13.8 Å². The van der Waals surface area contributed by atoms with Gasteiger partial charge in [-0.15, -0.1) is 0 Å². The number of ether oxygens (including phenoxy) is 1. The number of aryl methyl sites for hydroxylation is 1. The van der Waals surface area contributed by atoms with Gasteiger partial charge >= 0.3 is 5.97 Å². The second-order valence-corrected chi connectivity index (χ2v) is 5.41. The number of carbonyl (C=O) groups is 1. The van der Waals surface area contributed by atoms with Crippen LogP contribution in [0.3, 0.4) is 0 Å². The molecule has 0 saturated carbocycles. The van der Waals surface area contributed by atoms with E-state index in [-0.39, 0.29) is 0 Å². The van der Waals surface area contributed by atoms with Crippen LogP contribution in [0.4, 0.5) is 0 Å². The van der Waals surface area contributed by atoms with E-state index in [9.17, 15) is 9.90 Å². The number of benzene rings is 1. The Bertz CT molecular complexity index is 657. The summed E-state index contributed by atoms with van der Waals surface area (Å²) in [6, 6.07) is 5.71. The van der Waals surface area contributed by atoms with Crippen molar-refractivity contribution in [2.75, 3.05) is 7.11 Å². The Morgan fingerprint density at radius 2 is 2.05 bits per heavy atom. The lowest BCUT2D eigenvalue weighted by molar-refractivity contribution is -0.149. The number of carboxylic acid groups (broad SMARTS) is 1. The summed E-state index contributed by atoms with van der Waals surface area (Å²) in [6.45, 7) is 3.84. The number of nitrogens with zero attached hydrogens (tertiary/aromatic N) is 2. The van der Waals surface area contributed by atoms with E-state index in [0.29, 0.717) is 19.3 Å². The van der Waals surface area contributed by atoms with E-state index >= 15 is 0 Å². The molecule has 0 unspecified atom stereocenters. The molecule has 5 heteroatoms. The Balaban J connectivity index is 2.47. The number of rotatable bonds is 6. The van der Waals surface area contributed by atoms with Crippen molar-refractivity contribution >= 4 is 17.0 Å². The SMILES string of the molecule is CCC(CC)(Cc1nc2cc(OC)ccc2n1C)C(=O)O. The largest absolute Gasteiger partial charge is 0.497 e. The van der Waals surface area contributed by atoms with Gasteiger partial charge in [0.25, 0.3) is 0 Å². The zero-order valence-electron chi connectivity index (χ0n) is 13.0. The van der Waals surface area contributed by atoms with Gasteiger partial charge in [-0.3, -0.25) is 4.79 Å². The zero-order chi connectivity index (χ0) is 15.6. The quantitative estimate of drug-likeness (QED) is 0.888. The van der Waals surface area contributed by atoms with Gasteiger partial charge in [0.1, 0.15) is 11.6 Å². The molecule has 0 aliphatic rings. The summed E-state index contributed by atoms with van der Waals surface area (Å²) in [7, 11) is 3.55. The van der Waals surface area contributed by atoms with E-state index in [4.69, 9.17) is 4.74 Å². The van der Waals surface area contributed by atoms with Crippen LogP contribution in [0.1, 0.15) is 32.5 Å². The van der Waals surface area contributed by atoms with Gasteiger partial charge in [-0.25, -0.2) is 4.98 Å². The highest BCUT2D eigenvalue weighted by Crippen LogP contribution is 2.32. The third-order valence-corrected chi connectivity index (χ3v) is 4.48. The molecule has 2 rings (SSSR count). The fourth-order valence-electron chi connectivity index (χ4n) is 2.70. The zero-order valence-corrected chi connectivity index (χ0v) is 13.0. The molecule has 0 fully saturated rings. The lowest BCUT2D eigenvalue weighted by Gasteiger charge is -2.26. The lowest BCUT2D eigenvalue weighted by Crippen LogP contribution is -2.33. The smallest absolute Gasteiger partial charge is 0.310 e. The van der Waals surface area contributed by atoms with Crippen LogP contribution in [0.5, 0.6) is 5.75 Å². The van der Waals surface area contributed by atoms with Crippen LogP contribution >= 0.6 is 0 Å². The number of hydrogen-bond donors (Lipinski definition) is 1. The molecule has 0 saturated heterocycles. The number of aromatic nitrogens is 2. The maximum absolute atomic E-state index is 11.7. The third-order valence-electron chi connectivity index (χ3n) is 4.48. The Labute approximate surface area is 124 Å². The summed E-state index contributed by atoms with van der Waals surface area (Å²) < 4.78 is 7.18. The molecule has 1 N–H and O–H groups in total. The average molecular weight is 290 g/mol. The number of imidazole rings is 1. The minimum Gasteiger partial charge on any atom is -0.497 e. The molecular weight excluding hydrogens is 268 g/mol. The van der Waals surface area contributed by atoms with Crippen LogP contribution in [0, 0.1) is 5.41 Å². The number of aliphatic carboxylic acids is 1. The van der Waals surface area contributed by atoms with E-state index in [1.165, 1.54) is 0 Å². The van der Waals surface area contributed by atoms with Crippen molar-refractivity contribution in [2.45, 2.75) is 33.1 Å². The van der Waals surface area contributed by atoms with Crippen LogP contribution in [0.25, 0.3) is 11.0 Å². The second-order valence-electron chi connectivity index (χ2n) is 5.41. The molecule has 5 nitrogen and oxygen atoms in total. The fraction of sp³-hybridized carbons (Fsp3) is 0.500. The van der Waals surface area contributed by atoms with Gasteiger partial charge in [-0.05, 0) is 25.0 Å². The van der Waals surface area contributed by atoms with Gasteiger partial charge < -0.3 is 14.4 Å². The van der Waals surface area contributed by atoms with Crippen molar-refractivity contribution in [2.24, 2.45) is 12.5 Å². The summed E-state index contributed by atoms with van der Waals surface area (Å²) in [4.78, 5) is 16.3. The minimum atomic E-state index is -0.753. The Kier molecular flexibility index (Phi) is 4.21. The average Bonchev–Trinajstić information content (AvgIpc) is 2.80. The Morgan fingerprint density at radius 3 is 2.57 bits per heavy atom. The van der Waals surface area contributed by atoms with Crippen molar-refractivity contribution in [3.8, 4) is 5.75 Å². The second kappa shape index (κ2) is 5.76. The van der Waals surface area contributed by atoms with Crippen molar-refractivity contribution in [3.05, 3.63) is 24.0 Å². The van der Waals surface area contributed by atoms with Gasteiger partial charge in [0, 0.05) is 19.5 Å². The number of hydrogen-bond acceptors (Lipinski definition) is 3. The summed E-state index contributed by atoms with van der Waals surface area (Å²) in [5.74, 6) is 0.795. The number of fused-ring (bicyclic) bond motifs is 1. The molecule has 0 spiro atoms. The molecule has 2 aromatic rings. The standard InChI is InChI=1S/C16H22N2O3/c1-5-16(6-2,15(19)20)10-14-17-12-9-11(21-4)7-8-13(12)18(14)3/h7-9H,5-6,10H2,1-4H3,(H,19,20). The molecule has 0 atom stereocenters. The van der Waals surface area contributed by atoms with Crippen molar-refractivity contribution in [1.82, 2.24) is 9.55 Å². The van der Waals surface area contributed by atoms with E-state index in [1.807, 2.05) is 43.7 Å². The third kappa shape index (κ3) is 2.60. The van der Waals surface area contributed by atoms with Crippen LogP contribution in [-0.4, -0.2) is 27.7 Å². The highest BCUT2D eigenvalue weighted by molar-refractivity contribution is 5.78. The lowest BCUT2D eigenvalue weighted by atomic mass is 9.79. The van der Waals surface area contributed by atoms with Crippen molar-refractivity contribution < 1.29 is 14.6 Å². The minimum absolute atomic E-state index is 0.433. The van der Waals surface area contributed by atoms with E-state index in [0.717, 1.165) is 22.6 Å². The van der Waals surface area contributed by atoms with Crippen molar-refractivity contribution in [3.63, 3.8) is 0 Å². The first-order chi connectivity index (χ1) is 9.97. The van der Waals surface area contributed by atoms with Gasteiger partial charge in [-0.2, -0.15) is 0 Å². The van der Waals surface area contributed by atoms with Crippen molar-refractivity contribution in [1.29, 1.82) is 0 Å². The summed E-state index contributed by atoms with van der Waals surface area (Å²) in [5, 5.41) is 9.58. The summed E-state index contributed by atoms with van der Waals surface area (Å²) in [5.41, 5.74) is 1.06. The molecule has 0 aliphatic heterocycles. The van der Waals surface area contributed by atoms with Gasteiger partial charge in [0.15, 0.2) is 0 Å². The van der Waals surface area contributed by atoms with Crippen LogP contribution in [0.15, 0.2) is 18.2 Å². The molecule has 21 heavy (non-hydrogen) atoms. The number of carboxylic acids is 1. The summed E-state index contributed by atoms with van der Waals surface area (Å²) >= 11 is 0. The first-order valence-corrected chi connectivity index (χ1v) is 7.20. The highest BCUT2D eigenvalue weighted by Gasteiger charge is 2.36. The molecule has 0 radical (unpaired) electrons. The molecule has 1 heterocycles. The fourth-order valence-corrected chi connectivity index (χ4v) is 2.70. The molecule has 0 aliphatic carbocycles. The predicted octanol–water partition coefficient (Wildman–Crippen LogP) is 3.02. The molecular formula is C16H22N2O3. The highest BCUT2D eigenvalue weighted by atomic mass is 16.5. The summed E-state index contributed by atoms with van der Waals surface area (Å²) in [6.07, 6.45) is 1.61. The Hall–Kier alpha value is -2.04. The van der Waals surface area contributed by atoms with Crippen LogP contribution in [0.2, 0.25) is 0 Å². The topological polar surface area (TPSA) is 64.4 Å². The Morgan fingerprint density at radius 1 is 1.38 bits per heavy atom. The maximum atomic E-state index is 11.7. The van der Waals surface area contributed by atoms with Gasteiger partial charge in [0.2, 0.25) is 0 Å². The molecule has 1 aromatic carbocycles. The maximum Gasteiger partial charge on any atom is 0.310 e. The number of methoxy groups -OCH3 is 1. The first-order valence-electron chi connectivity index (χ1n) is 7.20. The normalized spacial score (nSPS) is 11.8. The van der Waals surface area contributed by atoms with Gasteiger partial charge in [0.05, 0.1) is 23.6 Å². The molecule has 0 amide bonds. The first kappa shape index (κ1) is 15.4. The predicted molar refractivity (Wildman–Crippen MR) is 81.6 cm³/mol. The van der Waals surface area contributed by atoms with Crippen LogP contribution in [-0.2, 0) is 18.3 Å². The molecule has 114 valence electrons. The molecule has 0 bridgehead atoms.